The molecule has 0 aromatic carbocycles. The number of nitrogens with zero attached hydrogens (tertiary/aromatic N) is 4. The van der Waals surface area contributed by atoms with Crippen molar-refractivity contribution in [3.05, 3.63) is 0 Å². The smallest absolute Gasteiger partial charge is 0.336 e. The van der Waals surface area contributed by atoms with Crippen molar-refractivity contribution >= 4 is 23.9 Å². The van der Waals surface area contributed by atoms with Crippen LogP contribution in [0.4, 0.5) is 0 Å². The highest BCUT2D eigenvalue weighted by Gasteiger charge is 2.67. The second kappa shape index (κ2) is 16.4. The zero-order valence-electron chi connectivity index (χ0n) is 41.8. The van der Waals surface area contributed by atoms with Crippen LogP contribution in [0.2, 0.25) is 0 Å². The molecular formula is C48H86N4O8. The summed E-state index contributed by atoms with van der Waals surface area (Å²) in [6.45, 7) is 35.3. The van der Waals surface area contributed by atoms with Crippen molar-refractivity contribution in [2.24, 2.45) is 11.3 Å². The fourth-order valence-electron chi connectivity index (χ4n) is 11.8. The van der Waals surface area contributed by atoms with Crippen molar-refractivity contribution in [1.29, 1.82) is 0 Å². The molecule has 4 saturated heterocycles. The zero-order valence-corrected chi connectivity index (χ0v) is 41.8. The molecule has 0 saturated carbocycles. The van der Waals surface area contributed by atoms with E-state index in [1.807, 2.05) is 0 Å². The molecule has 4 fully saturated rings. The number of likely N-dealkylation sites (tertiary alicyclic amines) is 4. The largest absolute Gasteiger partial charge is 0.462 e. The fourth-order valence-corrected chi connectivity index (χ4v) is 11.8. The highest BCUT2D eigenvalue weighted by Crippen LogP contribution is 2.47. The molecule has 60 heavy (non-hydrogen) atoms. The van der Waals surface area contributed by atoms with E-state index in [0.717, 1.165) is 0 Å². The number of piperidine rings is 4. The lowest BCUT2D eigenvalue weighted by atomic mass is 9.72. The van der Waals surface area contributed by atoms with E-state index in [1.54, 1.807) is 6.92 Å². The maximum absolute atomic E-state index is 15.6. The molecule has 12 nitrogen and oxygen atoms in total. The number of carbonyl (C=O) groups is 4. The number of hydrogen-bond donors (Lipinski definition) is 0. The standard InChI is InChI=1S/C48H86N4O8/c1-22-35(36(53)57-31-23-40(2,3)49(18)41(4,5)24-31)48(37(54)58-32-25-42(6,7)50(19)43(8,9)26-32,38(55)59-33-27-44(10,11)51(20)45(12,13)28-33)39(56)60-34-29-46(14,15)52(21)47(16,17)30-34/h31-35H,22-30H2,1-21H3. The Balaban J connectivity index is 1.91. The third kappa shape index (κ3) is 9.62. The quantitative estimate of drug-likeness (QED) is 0.121. The second-order valence-electron chi connectivity index (χ2n) is 24.3. The SMILES string of the molecule is CCC(C(=O)OC1CC(C)(C)N(C)C(C)(C)C1)C(C(=O)OC1CC(C)(C)N(C)C(C)(C)C1)(C(=O)OC1CC(C)(C)N(C)C(C)(C)C1)C(=O)OC1CC(C)(C)N(C)C(C)(C)C1. The number of rotatable bonds is 10. The van der Waals surface area contributed by atoms with Gasteiger partial charge in [-0.1, -0.05) is 6.92 Å². The molecule has 0 spiro atoms. The van der Waals surface area contributed by atoms with Crippen LogP contribution in [-0.2, 0) is 38.1 Å². The van der Waals surface area contributed by atoms with Gasteiger partial charge in [0.25, 0.3) is 5.41 Å². The van der Waals surface area contributed by atoms with Crippen LogP contribution >= 0.6 is 0 Å². The molecule has 0 aliphatic carbocycles. The maximum atomic E-state index is 15.6. The Hall–Kier alpha value is -2.28. The molecule has 4 aliphatic heterocycles. The molecule has 4 heterocycles. The summed E-state index contributed by atoms with van der Waals surface area (Å²) >= 11 is 0. The van der Waals surface area contributed by atoms with E-state index in [0.29, 0.717) is 51.4 Å². The van der Waals surface area contributed by atoms with Gasteiger partial charge in [0.1, 0.15) is 24.4 Å². The average molecular weight is 847 g/mol. The highest BCUT2D eigenvalue weighted by molar-refractivity contribution is 6.20. The normalized spacial score (nSPS) is 28.0. The van der Waals surface area contributed by atoms with Crippen molar-refractivity contribution in [3.8, 4) is 0 Å². The van der Waals surface area contributed by atoms with Gasteiger partial charge in [-0.05, 0) is 145 Å². The van der Waals surface area contributed by atoms with Crippen LogP contribution in [0.1, 0.15) is 175 Å². The molecule has 4 rings (SSSR count). The van der Waals surface area contributed by atoms with Crippen LogP contribution in [-0.4, -0.2) is 140 Å². The van der Waals surface area contributed by atoms with Gasteiger partial charge in [0.05, 0.1) is 5.92 Å². The van der Waals surface area contributed by atoms with Crippen molar-refractivity contribution in [1.82, 2.24) is 19.6 Å². The molecule has 346 valence electrons. The van der Waals surface area contributed by atoms with Gasteiger partial charge in [-0.25, -0.2) is 0 Å². The molecule has 0 aromatic heterocycles. The highest BCUT2D eigenvalue weighted by atomic mass is 16.6. The average Bonchev–Trinajstić information content (AvgIpc) is 3.04. The van der Waals surface area contributed by atoms with E-state index in [1.165, 1.54) is 0 Å². The lowest BCUT2D eigenvalue weighted by Gasteiger charge is -2.54. The first-order valence-electron chi connectivity index (χ1n) is 22.7. The Morgan fingerprint density at radius 2 is 0.600 bits per heavy atom. The van der Waals surface area contributed by atoms with E-state index in [4.69, 9.17) is 18.9 Å². The van der Waals surface area contributed by atoms with Gasteiger partial charge in [-0.3, -0.25) is 38.8 Å². The summed E-state index contributed by atoms with van der Waals surface area (Å²) in [4.78, 5) is 70.9. The summed E-state index contributed by atoms with van der Waals surface area (Å²) in [5, 5.41) is 0. The van der Waals surface area contributed by atoms with Gasteiger partial charge in [-0.2, -0.15) is 0 Å². The van der Waals surface area contributed by atoms with Crippen LogP contribution in [0.15, 0.2) is 0 Å². The third-order valence-corrected chi connectivity index (χ3v) is 16.4. The number of carbonyl (C=O) groups excluding carboxylic acids is 4. The summed E-state index contributed by atoms with van der Waals surface area (Å²) in [5.74, 6) is -5.71. The monoisotopic (exact) mass is 847 g/mol. The molecule has 0 aromatic rings. The van der Waals surface area contributed by atoms with Crippen molar-refractivity contribution < 1.29 is 38.1 Å². The van der Waals surface area contributed by atoms with Crippen molar-refractivity contribution in [2.45, 2.75) is 244 Å². The Morgan fingerprint density at radius 3 is 0.783 bits per heavy atom. The zero-order chi connectivity index (χ0) is 46.2. The lowest BCUT2D eigenvalue weighted by molar-refractivity contribution is -0.209. The Labute approximate surface area is 364 Å². The molecule has 12 heteroatoms. The molecule has 1 unspecified atom stereocenters. The minimum absolute atomic E-state index is 0.0727. The van der Waals surface area contributed by atoms with Crippen LogP contribution in [0.3, 0.4) is 0 Å². The first-order chi connectivity index (χ1) is 26.9. The van der Waals surface area contributed by atoms with Crippen LogP contribution in [0, 0.1) is 11.3 Å². The Kier molecular flexibility index (Phi) is 13.7. The van der Waals surface area contributed by atoms with Crippen LogP contribution in [0.25, 0.3) is 0 Å². The maximum Gasteiger partial charge on any atom is 0.336 e. The predicted molar refractivity (Wildman–Crippen MR) is 236 cm³/mol. The number of ether oxygens (including phenoxy) is 4. The van der Waals surface area contributed by atoms with E-state index in [9.17, 15) is 0 Å². The van der Waals surface area contributed by atoms with Crippen LogP contribution < -0.4 is 0 Å². The molecule has 4 aliphatic rings. The summed E-state index contributed by atoms with van der Waals surface area (Å²) in [6.07, 6.45) is 1.18. The molecule has 0 N–H and O–H groups in total. The third-order valence-electron chi connectivity index (χ3n) is 16.4. The van der Waals surface area contributed by atoms with Gasteiger partial charge in [0.2, 0.25) is 0 Å². The fraction of sp³-hybridized carbons (Fsp3) is 0.917. The topological polar surface area (TPSA) is 118 Å². The van der Waals surface area contributed by atoms with E-state index in [2.05, 4.69) is 159 Å². The predicted octanol–water partition coefficient (Wildman–Crippen LogP) is 7.78. The summed E-state index contributed by atoms with van der Waals surface area (Å²) < 4.78 is 25.9. The number of hydrogen-bond acceptors (Lipinski definition) is 12. The van der Waals surface area contributed by atoms with E-state index in [-0.39, 0.29) is 50.7 Å². The summed E-state index contributed by atoms with van der Waals surface area (Å²) in [7, 11) is 8.24. The van der Waals surface area contributed by atoms with Gasteiger partial charge >= 0.3 is 23.9 Å². The van der Waals surface area contributed by atoms with Gasteiger partial charge in [0, 0.05) is 95.7 Å². The van der Waals surface area contributed by atoms with Crippen LogP contribution in [0.5, 0.6) is 0 Å². The minimum Gasteiger partial charge on any atom is -0.462 e. The van der Waals surface area contributed by atoms with Gasteiger partial charge in [-0.15, -0.1) is 0 Å². The minimum atomic E-state index is -2.80. The number of esters is 4. The first kappa shape index (κ1) is 50.4. The Morgan fingerprint density at radius 1 is 0.417 bits per heavy atom. The molecule has 0 bridgehead atoms. The van der Waals surface area contributed by atoms with E-state index < -0.39 is 59.6 Å². The second-order valence-corrected chi connectivity index (χ2v) is 24.3. The lowest BCUT2D eigenvalue weighted by Crippen LogP contribution is -2.64. The van der Waals surface area contributed by atoms with Gasteiger partial charge in [0.15, 0.2) is 0 Å². The van der Waals surface area contributed by atoms with Crippen molar-refractivity contribution in [2.75, 3.05) is 28.2 Å². The Bertz CT molecular complexity index is 1420. The molecule has 1 atom stereocenters. The summed E-state index contributed by atoms with van der Waals surface area (Å²) in [5.41, 5.74) is -5.75. The molecular weight excluding hydrogens is 761 g/mol. The van der Waals surface area contributed by atoms with Gasteiger partial charge < -0.3 is 18.9 Å². The molecule has 0 radical (unpaired) electrons. The molecule has 0 amide bonds. The van der Waals surface area contributed by atoms with Crippen molar-refractivity contribution in [3.63, 3.8) is 0 Å². The van der Waals surface area contributed by atoms with E-state index >= 15 is 19.2 Å². The first-order valence-corrected chi connectivity index (χ1v) is 22.7. The summed E-state index contributed by atoms with van der Waals surface area (Å²) in [6, 6.07) is 0.